The van der Waals surface area contributed by atoms with Gasteiger partial charge in [-0.2, -0.15) is 5.10 Å². The van der Waals surface area contributed by atoms with Crippen LogP contribution in [0.5, 0.6) is 5.75 Å². The molecule has 15 heavy (non-hydrogen) atoms. The largest absolute Gasteiger partial charge is 0.484 e. The highest BCUT2D eigenvalue weighted by atomic mass is 16.5. The summed E-state index contributed by atoms with van der Waals surface area (Å²) in [6.07, 6.45) is 7.19. The molecule has 0 saturated heterocycles. The van der Waals surface area contributed by atoms with Crippen molar-refractivity contribution in [2.75, 3.05) is 0 Å². The maximum absolute atomic E-state index is 9.61. The van der Waals surface area contributed by atoms with Crippen LogP contribution in [-0.2, 0) is 6.54 Å². The van der Waals surface area contributed by atoms with Crippen LogP contribution in [0.4, 0.5) is 0 Å². The van der Waals surface area contributed by atoms with Crippen LogP contribution in [0.1, 0.15) is 32.6 Å². The number of aromatic nitrogens is 2. The summed E-state index contributed by atoms with van der Waals surface area (Å²) in [5, 5.41) is 13.8. The average Bonchev–Trinajstić information content (AvgIpc) is 2.79. The number of aliphatic hydroxyl groups excluding tert-OH is 1. The van der Waals surface area contributed by atoms with Gasteiger partial charge >= 0.3 is 0 Å². The molecule has 0 radical (unpaired) electrons. The lowest BCUT2D eigenvalue weighted by atomic mass is 10.2. The van der Waals surface area contributed by atoms with Crippen LogP contribution in [0.2, 0.25) is 0 Å². The second kappa shape index (κ2) is 4.66. The summed E-state index contributed by atoms with van der Waals surface area (Å²) < 4.78 is 7.55. The molecule has 0 aliphatic heterocycles. The molecule has 0 unspecified atom stereocenters. The molecule has 0 spiro atoms. The minimum Gasteiger partial charge on any atom is -0.484 e. The standard InChI is InChI=1S/C11H18N2O2/c1-2-6-13-8-9(7-12-13)15-11-5-3-4-10(11)14/h7-8,10-11,14H,2-6H2,1H3/t10-,11-/m1/s1. The van der Waals surface area contributed by atoms with Crippen LogP contribution in [0.25, 0.3) is 0 Å². The molecular weight excluding hydrogens is 192 g/mol. The summed E-state index contributed by atoms with van der Waals surface area (Å²) in [7, 11) is 0. The lowest BCUT2D eigenvalue weighted by Crippen LogP contribution is -2.25. The Balaban J connectivity index is 1.92. The molecule has 1 saturated carbocycles. The zero-order valence-electron chi connectivity index (χ0n) is 9.09. The minimum absolute atomic E-state index is 0.0377. The van der Waals surface area contributed by atoms with Crippen molar-refractivity contribution in [2.24, 2.45) is 0 Å². The van der Waals surface area contributed by atoms with E-state index in [1.807, 2.05) is 10.9 Å². The third-order valence-electron chi connectivity index (χ3n) is 2.77. The summed E-state index contributed by atoms with van der Waals surface area (Å²) in [4.78, 5) is 0. The smallest absolute Gasteiger partial charge is 0.157 e. The molecule has 1 aromatic rings. The van der Waals surface area contributed by atoms with Crippen LogP contribution < -0.4 is 4.74 Å². The van der Waals surface area contributed by atoms with E-state index in [9.17, 15) is 5.11 Å². The van der Waals surface area contributed by atoms with Crippen molar-refractivity contribution >= 4 is 0 Å². The highest BCUT2D eigenvalue weighted by Gasteiger charge is 2.27. The number of aryl methyl sites for hydroxylation is 1. The van der Waals surface area contributed by atoms with Gasteiger partial charge in [-0.3, -0.25) is 4.68 Å². The molecule has 84 valence electrons. The summed E-state index contributed by atoms with van der Waals surface area (Å²) in [6, 6.07) is 0. The number of hydrogen-bond donors (Lipinski definition) is 1. The molecule has 4 nitrogen and oxygen atoms in total. The van der Waals surface area contributed by atoms with E-state index in [0.29, 0.717) is 0 Å². The molecule has 0 amide bonds. The van der Waals surface area contributed by atoms with Gasteiger partial charge in [0.2, 0.25) is 0 Å². The number of hydrogen-bond acceptors (Lipinski definition) is 3. The highest BCUT2D eigenvalue weighted by Crippen LogP contribution is 2.24. The summed E-state index contributed by atoms with van der Waals surface area (Å²) in [5.41, 5.74) is 0. The first-order valence-corrected chi connectivity index (χ1v) is 5.66. The van der Waals surface area contributed by atoms with E-state index in [1.54, 1.807) is 6.20 Å². The maximum atomic E-state index is 9.61. The van der Waals surface area contributed by atoms with Gasteiger partial charge in [0.15, 0.2) is 5.75 Å². The van der Waals surface area contributed by atoms with Crippen LogP contribution in [0.3, 0.4) is 0 Å². The topological polar surface area (TPSA) is 47.3 Å². The van der Waals surface area contributed by atoms with E-state index in [0.717, 1.165) is 38.0 Å². The SMILES string of the molecule is CCCn1cc(O[C@@H]2CCC[C@H]2O)cn1. The first-order chi connectivity index (χ1) is 7.29. The van der Waals surface area contributed by atoms with E-state index in [1.165, 1.54) is 0 Å². The molecule has 0 bridgehead atoms. The van der Waals surface area contributed by atoms with Crippen molar-refractivity contribution < 1.29 is 9.84 Å². The van der Waals surface area contributed by atoms with Gasteiger partial charge in [0.25, 0.3) is 0 Å². The van der Waals surface area contributed by atoms with Gasteiger partial charge in [-0.05, 0) is 25.7 Å². The lowest BCUT2D eigenvalue weighted by Gasteiger charge is -2.15. The van der Waals surface area contributed by atoms with Crippen molar-refractivity contribution in [1.29, 1.82) is 0 Å². The van der Waals surface area contributed by atoms with Gasteiger partial charge < -0.3 is 9.84 Å². The van der Waals surface area contributed by atoms with Gasteiger partial charge in [0.05, 0.1) is 18.5 Å². The molecule has 4 heteroatoms. The highest BCUT2D eigenvalue weighted by molar-refractivity contribution is 5.12. The van der Waals surface area contributed by atoms with Crippen molar-refractivity contribution in [3.8, 4) is 5.75 Å². The molecule has 0 aromatic carbocycles. The van der Waals surface area contributed by atoms with E-state index in [-0.39, 0.29) is 12.2 Å². The number of ether oxygens (including phenoxy) is 1. The quantitative estimate of drug-likeness (QED) is 0.820. The Hall–Kier alpha value is -1.03. The number of rotatable bonds is 4. The molecule has 2 rings (SSSR count). The first-order valence-electron chi connectivity index (χ1n) is 5.66. The Kier molecular flexibility index (Phi) is 3.26. The molecule has 1 aliphatic carbocycles. The van der Waals surface area contributed by atoms with Gasteiger partial charge in [-0.25, -0.2) is 0 Å². The Morgan fingerprint density at radius 1 is 1.60 bits per heavy atom. The first kappa shape index (κ1) is 10.5. The van der Waals surface area contributed by atoms with E-state index in [2.05, 4.69) is 12.0 Å². The summed E-state index contributed by atoms with van der Waals surface area (Å²) >= 11 is 0. The molecule has 1 aromatic heterocycles. The fraction of sp³-hybridized carbons (Fsp3) is 0.727. The average molecular weight is 210 g/mol. The Labute approximate surface area is 89.9 Å². The van der Waals surface area contributed by atoms with Gasteiger partial charge in [-0.15, -0.1) is 0 Å². The Bertz CT molecular complexity index is 311. The van der Waals surface area contributed by atoms with E-state index in [4.69, 9.17) is 4.74 Å². The number of nitrogens with zero attached hydrogens (tertiary/aromatic N) is 2. The number of aliphatic hydroxyl groups is 1. The zero-order chi connectivity index (χ0) is 10.7. The Morgan fingerprint density at radius 3 is 3.13 bits per heavy atom. The van der Waals surface area contributed by atoms with Crippen molar-refractivity contribution in [1.82, 2.24) is 9.78 Å². The van der Waals surface area contributed by atoms with Crippen LogP contribution in [0, 0.1) is 0 Å². The normalized spacial score (nSPS) is 25.7. The van der Waals surface area contributed by atoms with Crippen LogP contribution in [-0.4, -0.2) is 27.1 Å². The van der Waals surface area contributed by atoms with Gasteiger partial charge in [0.1, 0.15) is 6.10 Å². The minimum atomic E-state index is -0.306. The predicted molar refractivity (Wildman–Crippen MR) is 56.8 cm³/mol. The van der Waals surface area contributed by atoms with Crippen LogP contribution in [0.15, 0.2) is 12.4 Å². The Morgan fingerprint density at radius 2 is 2.47 bits per heavy atom. The molecular formula is C11H18N2O2. The van der Waals surface area contributed by atoms with Gasteiger partial charge in [-0.1, -0.05) is 6.92 Å². The fourth-order valence-corrected chi connectivity index (χ4v) is 1.98. The molecule has 2 atom stereocenters. The van der Waals surface area contributed by atoms with Crippen LogP contribution >= 0.6 is 0 Å². The van der Waals surface area contributed by atoms with Gasteiger partial charge in [0, 0.05) is 6.54 Å². The van der Waals surface area contributed by atoms with Crippen molar-refractivity contribution in [3.05, 3.63) is 12.4 Å². The maximum Gasteiger partial charge on any atom is 0.157 e. The summed E-state index contributed by atoms with van der Waals surface area (Å²) in [6.45, 7) is 3.03. The third kappa shape index (κ3) is 2.50. The van der Waals surface area contributed by atoms with E-state index >= 15 is 0 Å². The van der Waals surface area contributed by atoms with Crippen molar-refractivity contribution in [2.45, 2.75) is 51.4 Å². The fourth-order valence-electron chi connectivity index (χ4n) is 1.98. The van der Waals surface area contributed by atoms with Crippen molar-refractivity contribution in [3.63, 3.8) is 0 Å². The molecule has 1 aliphatic rings. The molecule has 1 heterocycles. The predicted octanol–water partition coefficient (Wildman–Crippen LogP) is 1.59. The second-order valence-corrected chi connectivity index (χ2v) is 4.09. The lowest BCUT2D eigenvalue weighted by molar-refractivity contribution is 0.0603. The summed E-state index contributed by atoms with van der Waals surface area (Å²) in [5.74, 6) is 0.773. The molecule has 1 N–H and O–H groups in total. The third-order valence-corrected chi connectivity index (χ3v) is 2.77. The van der Waals surface area contributed by atoms with E-state index < -0.39 is 0 Å². The monoisotopic (exact) mass is 210 g/mol. The molecule has 1 fully saturated rings. The zero-order valence-corrected chi connectivity index (χ0v) is 9.09. The second-order valence-electron chi connectivity index (χ2n) is 4.09.